The molecule has 0 amide bonds. The largest absolute Gasteiger partial charge is 0.381 e. The monoisotopic (exact) mass is 214 g/mol. The Morgan fingerprint density at radius 1 is 1.33 bits per heavy atom. The Kier molecular flexibility index (Phi) is 3.61. The van der Waals surface area contributed by atoms with Crippen LogP contribution in [-0.2, 0) is 9.47 Å². The third kappa shape index (κ3) is 3.14. The highest BCUT2D eigenvalue weighted by Gasteiger charge is 2.31. The lowest BCUT2D eigenvalue weighted by molar-refractivity contribution is -0.0353. The van der Waals surface area contributed by atoms with Crippen molar-refractivity contribution < 1.29 is 9.47 Å². The Morgan fingerprint density at radius 3 is 2.73 bits per heavy atom. The molecule has 2 rings (SSSR count). The molecule has 0 aliphatic carbocycles. The van der Waals surface area contributed by atoms with E-state index in [4.69, 9.17) is 15.2 Å². The van der Waals surface area contributed by atoms with Gasteiger partial charge < -0.3 is 15.2 Å². The van der Waals surface area contributed by atoms with Gasteiger partial charge in [-0.1, -0.05) is 0 Å². The van der Waals surface area contributed by atoms with Crippen LogP contribution in [0.1, 0.15) is 19.8 Å². The van der Waals surface area contributed by atoms with Crippen molar-refractivity contribution >= 4 is 0 Å². The van der Waals surface area contributed by atoms with Gasteiger partial charge in [0.1, 0.15) is 0 Å². The van der Waals surface area contributed by atoms with Gasteiger partial charge in [0, 0.05) is 38.4 Å². The van der Waals surface area contributed by atoms with E-state index in [0.29, 0.717) is 6.10 Å². The second-order valence-electron chi connectivity index (χ2n) is 4.89. The summed E-state index contributed by atoms with van der Waals surface area (Å²) in [6.07, 6.45) is 2.32. The molecule has 4 heteroatoms. The molecular formula is C11H22N2O2. The zero-order valence-electron chi connectivity index (χ0n) is 9.58. The molecule has 2 saturated heterocycles. The third-order valence-electron chi connectivity index (χ3n) is 3.35. The highest BCUT2D eigenvalue weighted by atomic mass is 16.5. The first-order chi connectivity index (χ1) is 7.18. The summed E-state index contributed by atoms with van der Waals surface area (Å²) in [7, 11) is 0. The second-order valence-corrected chi connectivity index (χ2v) is 4.89. The molecule has 0 aromatic carbocycles. The fourth-order valence-electron chi connectivity index (χ4n) is 2.42. The molecular weight excluding hydrogens is 192 g/mol. The first kappa shape index (κ1) is 11.3. The molecule has 0 spiro atoms. The molecule has 0 radical (unpaired) electrons. The van der Waals surface area contributed by atoms with Crippen molar-refractivity contribution in [1.29, 1.82) is 0 Å². The van der Waals surface area contributed by atoms with Crippen LogP contribution >= 0.6 is 0 Å². The number of nitrogens with zero attached hydrogens (tertiary/aromatic N) is 1. The molecule has 0 aromatic heterocycles. The van der Waals surface area contributed by atoms with Crippen LogP contribution in [0.2, 0.25) is 0 Å². The Labute approximate surface area is 91.7 Å². The lowest BCUT2D eigenvalue weighted by Crippen LogP contribution is -2.56. The van der Waals surface area contributed by atoms with Gasteiger partial charge in [0.2, 0.25) is 0 Å². The van der Waals surface area contributed by atoms with Gasteiger partial charge in [0.05, 0.1) is 12.7 Å². The van der Waals surface area contributed by atoms with Gasteiger partial charge in [-0.3, -0.25) is 4.90 Å². The Morgan fingerprint density at radius 2 is 2.07 bits per heavy atom. The normalized spacial score (nSPS) is 32.8. The van der Waals surface area contributed by atoms with Crippen molar-refractivity contribution in [2.24, 2.45) is 5.73 Å². The van der Waals surface area contributed by atoms with Crippen molar-refractivity contribution in [2.75, 3.05) is 39.5 Å². The fourth-order valence-corrected chi connectivity index (χ4v) is 2.42. The summed E-state index contributed by atoms with van der Waals surface area (Å²) in [6.45, 7) is 7.62. The molecule has 15 heavy (non-hydrogen) atoms. The van der Waals surface area contributed by atoms with E-state index in [-0.39, 0.29) is 5.54 Å². The first-order valence-corrected chi connectivity index (χ1v) is 5.89. The van der Waals surface area contributed by atoms with Gasteiger partial charge in [-0.2, -0.15) is 0 Å². The van der Waals surface area contributed by atoms with Gasteiger partial charge in [-0.25, -0.2) is 0 Å². The maximum Gasteiger partial charge on any atom is 0.0674 e. The molecule has 2 heterocycles. The SMILES string of the molecule is CC1CN(CC2(N)CCOCC2)CCO1. The average molecular weight is 214 g/mol. The molecule has 2 fully saturated rings. The van der Waals surface area contributed by atoms with Gasteiger partial charge in [-0.05, 0) is 19.8 Å². The number of nitrogens with two attached hydrogens (primary N) is 1. The second kappa shape index (κ2) is 4.78. The summed E-state index contributed by atoms with van der Waals surface area (Å²) in [5.74, 6) is 0. The van der Waals surface area contributed by atoms with Crippen molar-refractivity contribution in [3.8, 4) is 0 Å². The molecule has 0 bridgehead atoms. The van der Waals surface area contributed by atoms with Gasteiger partial charge in [0.25, 0.3) is 0 Å². The maximum atomic E-state index is 6.37. The van der Waals surface area contributed by atoms with E-state index >= 15 is 0 Å². The zero-order chi connectivity index (χ0) is 10.7. The average Bonchev–Trinajstić information content (AvgIpc) is 2.18. The third-order valence-corrected chi connectivity index (χ3v) is 3.35. The number of rotatable bonds is 2. The van der Waals surface area contributed by atoms with Crippen LogP contribution in [-0.4, -0.2) is 56.0 Å². The summed E-state index contributed by atoms with van der Waals surface area (Å²) in [5, 5.41) is 0. The van der Waals surface area contributed by atoms with Crippen molar-refractivity contribution in [3.05, 3.63) is 0 Å². The van der Waals surface area contributed by atoms with Crippen LogP contribution in [0.15, 0.2) is 0 Å². The maximum absolute atomic E-state index is 6.37. The molecule has 0 saturated carbocycles. The van der Waals surface area contributed by atoms with Crippen LogP contribution in [0.3, 0.4) is 0 Å². The summed E-state index contributed by atoms with van der Waals surface area (Å²) in [4.78, 5) is 2.43. The van der Waals surface area contributed by atoms with Crippen LogP contribution in [0.4, 0.5) is 0 Å². The van der Waals surface area contributed by atoms with Crippen molar-refractivity contribution in [1.82, 2.24) is 4.90 Å². The predicted molar refractivity (Wildman–Crippen MR) is 58.8 cm³/mol. The molecule has 2 N–H and O–H groups in total. The topological polar surface area (TPSA) is 47.7 Å². The standard InChI is InChI=1S/C11H22N2O2/c1-10-8-13(4-7-15-10)9-11(12)2-5-14-6-3-11/h10H,2-9,12H2,1H3. The van der Waals surface area contributed by atoms with Gasteiger partial charge >= 0.3 is 0 Å². The van der Waals surface area contributed by atoms with E-state index in [0.717, 1.165) is 52.3 Å². The lowest BCUT2D eigenvalue weighted by Gasteiger charge is -2.40. The van der Waals surface area contributed by atoms with Crippen LogP contribution in [0, 0.1) is 0 Å². The smallest absolute Gasteiger partial charge is 0.0674 e. The lowest BCUT2D eigenvalue weighted by atomic mass is 9.90. The Balaban J connectivity index is 1.83. The summed E-state index contributed by atoms with van der Waals surface area (Å²) < 4.78 is 10.9. The molecule has 1 unspecified atom stereocenters. The molecule has 2 aliphatic heterocycles. The number of ether oxygens (including phenoxy) is 2. The quantitative estimate of drug-likeness (QED) is 0.714. The van der Waals surface area contributed by atoms with E-state index < -0.39 is 0 Å². The van der Waals surface area contributed by atoms with E-state index in [1.807, 2.05) is 0 Å². The molecule has 88 valence electrons. The summed E-state index contributed by atoms with van der Waals surface area (Å²) in [5.41, 5.74) is 6.34. The Hall–Kier alpha value is -0.160. The number of hydrogen-bond acceptors (Lipinski definition) is 4. The minimum Gasteiger partial charge on any atom is -0.381 e. The van der Waals surface area contributed by atoms with E-state index in [1.54, 1.807) is 0 Å². The predicted octanol–water partition coefficient (Wildman–Crippen LogP) is 0.215. The van der Waals surface area contributed by atoms with E-state index in [1.165, 1.54) is 0 Å². The summed E-state index contributed by atoms with van der Waals surface area (Å²) in [6, 6.07) is 0. The Bertz CT molecular complexity index is 205. The minimum atomic E-state index is -0.0324. The minimum absolute atomic E-state index is 0.0324. The molecule has 1 atom stereocenters. The van der Waals surface area contributed by atoms with Crippen molar-refractivity contribution in [3.63, 3.8) is 0 Å². The van der Waals surface area contributed by atoms with E-state index in [2.05, 4.69) is 11.8 Å². The van der Waals surface area contributed by atoms with Gasteiger partial charge in [0.15, 0.2) is 0 Å². The van der Waals surface area contributed by atoms with Crippen LogP contribution in [0.5, 0.6) is 0 Å². The molecule has 2 aliphatic rings. The number of morpholine rings is 1. The zero-order valence-corrected chi connectivity index (χ0v) is 9.58. The molecule has 0 aromatic rings. The molecule has 4 nitrogen and oxygen atoms in total. The van der Waals surface area contributed by atoms with Crippen LogP contribution < -0.4 is 5.73 Å². The highest BCUT2D eigenvalue weighted by molar-refractivity contribution is 4.90. The van der Waals surface area contributed by atoms with Crippen molar-refractivity contribution in [2.45, 2.75) is 31.4 Å². The summed E-state index contributed by atoms with van der Waals surface area (Å²) >= 11 is 0. The fraction of sp³-hybridized carbons (Fsp3) is 1.00. The van der Waals surface area contributed by atoms with E-state index in [9.17, 15) is 0 Å². The highest BCUT2D eigenvalue weighted by Crippen LogP contribution is 2.20. The number of hydrogen-bond donors (Lipinski definition) is 1. The van der Waals surface area contributed by atoms with Crippen LogP contribution in [0.25, 0.3) is 0 Å². The first-order valence-electron chi connectivity index (χ1n) is 5.89. The van der Waals surface area contributed by atoms with Gasteiger partial charge in [-0.15, -0.1) is 0 Å².